The summed E-state index contributed by atoms with van der Waals surface area (Å²) in [7, 11) is 0. The van der Waals surface area contributed by atoms with Gasteiger partial charge in [-0.15, -0.1) is 11.3 Å². The number of carbonyl (C=O) groups is 1. The molecule has 0 radical (unpaired) electrons. The number of rotatable bonds is 5. The largest absolute Gasteiger partial charge is 0.462 e. The summed E-state index contributed by atoms with van der Waals surface area (Å²) in [6, 6.07) is 16.1. The van der Waals surface area contributed by atoms with Crippen LogP contribution in [0.4, 0.5) is 15.1 Å². The lowest BCUT2D eigenvalue weighted by Crippen LogP contribution is -2.20. The van der Waals surface area contributed by atoms with E-state index in [9.17, 15) is 9.18 Å². The highest BCUT2D eigenvalue weighted by molar-refractivity contribution is 9.10. The van der Waals surface area contributed by atoms with Gasteiger partial charge in [-0.25, -0.2) is 9.18 Å². The molecule has 0 aliphatic heterocycles. The van der Waals surface area contributed by atoms with Gasteiger partial charge in [-0.2, -0.15) is 0 Å². The van der Waals surface area contributed by atoms with E-state index in [1.165, 1.54) is 17.4 Å². The van der Waals surface area contributed by atoms with Crippen molar-refractivity contribution in [2.75, 3.05) is 17.2 Å². The van der Waals surface area contributed by atoms with E-state index >= 15 is 0 Å². The van der Waals surface area contributed by atoms with Gasteiger partial charge in [0.25, 0.3) is 0 Å². The number of thiophene rings is 1. The molecular formula is C20H16BrFN2O2S2. The lowest BCUT2D eigenvalue weighted by atomic mass is 10.1. The van der Waals surface area contributed by atoms with Gasteiger partial charge in [-0.05, 0) is 49.0 Å². The molecule has 0 fully saturated rings. The first-order valence-corrected chi connectivity index (χ1v) is 10.4. The minimum atomic E-state index is -0.444. The van der Waals surface area contributed by atoms with Crippen molar-refractivity contribution in [1.82, 2.24) is 0 Å². The van der Waals surface area contributed by atoms with E-state index in [1.54, 1.807) is 25.1 Å². The number of halogens is 2. The molecule has 3 aromatic rings. The molecule has 2 aromatic carbocycles. The fourth-order valence-electron chi connectivity index (χ4n) is 2.44. The minimum Gasteiger partial charge on any atom is -0.462 e. The predicted molar refractivity (Wildman–Crippen MR) is 120 cm³/mol. The van der Waals surface area contributed by atoms with E-state index < -0.39 is 11.8 Å². The van der Waals surface area contributed by atoms with E-state index in [1.807, 2.05) is 30.3 Å². The van der Waals surface area contributed by atoms with E-state index in [2.05, 4.69) is 26.6 Å². The molecule has 0 aliphatic carbocycles. The van der Waals surface area contributed by atoms with Crippen LogP contribution in [0.1, 0.15) is 17.3 Å². The molecule has 0 saturated carbocycles. The monoisotopic (exact) mass is 478 g/mol. The zero-order valence-electron chi connectivity index (χ0n) is 14.8. The zero-order valence-corrected chi connectivity index (χ0v) is 18.0. The van der Waals surface area contributed by atoms with Crippen molar-refractivity contribution in [2.45, 2.75) is 6.92 Å². The van der Waals surface area contributed by atoms with E-state index in [4.69, 9.17) is 17.0 Å². The standard InChI is InChI=1S/C20H16BrFN2O2S2/c1-2-26-19(25)14-11-17(12-6-4-3-5-7-12)28-18(14)24-20(27)23-16-9-8-13(21)10-15(16)22/h3-11H,2H2,1H3,(H2,23,24,27). The van der Waals surface area contributed by atoms with Crippen LogP contribution in [0.15, 0.2) is 59.1 Å². The van der Waals surface area contributed by atoms with Crippen molar-refractivity contribution in [3.63, 3.8) is 0 Å². The molecule has 1 heterocycles. The normalized spacial score (nSPS) is 10.4. The summed E-state index contributed by atoms with van der Waals surface area (Å²) in [5, 5.41) is 6.51. The quantitative estimate of drug-likeness (QED) is 0.332. The maximum atomic E-state index is 14.0. The van der Waals surface area contributed by atoms with Crippen LogP contribution in [0.2, 0.25) is 0 Å². The Morgan fingerprint density at radius 2 is 1.93 bits per heavy atom. The molecule has 1 aromatic heterocycles. The van der Waals surface area contributed by atoms with E-state index in [-0.39, 0.29) is 17.4 Å². The Bertz CT molecular complexity index is 1010. The second-order valence-electron chi connectivity index (χ2n) is 5.64. The smallest absolute Gasteiger partial charge is 0.341 e. The second kappa shape index (κ2) is 9.27. The number of esters is 1. The highest BCUT2D eigenvalue weighted by Gasteiger charge is 2.19. The van der Waals surface area contributed by atoms with Gasteiger partial charge in [0.05, 0.1) is 17.9 Å². The Labute approximate surface area is 179 Å². The molecule has 0 spiro atoms. The fraction of sp³-hybridized carbons (Fsp3) is 0.100. The summed E-state index contributed by atoms with van der Waals surface area (Å²) < 4.78 is 19.8. The van der Waals surface area contributed by atoms with Gasteiger partial charge in [-0.1, -0.05) is 46.3 Å². The molecule has 28 heavy (non-hydrogen) atoms. The average Bonchev–Trinajstić information content (AvgIpc) is 3.09. The van der Waals surface area contributed by atoms with Gasteiger partial charge in [0.2, 0.25) is 0 Å². The van der Waals surface area contributed by atoms with Gasteiger partial charge >= 0.3 is 5.97 Å². The maximum absolute atomic E-state index is 14.0. The van der Waals surface area contributed by atoms with Crippen LogP contribution < -0.4 is 10.6 Å². The zero-order chi connectivity index (χ0) is 20.1. The first kappa shape index (κ1) is 20.4. The Morgan fingerprint density at radius 3 is 2.61 bits per heavy atom. The molecule has 0 amide bonds. The SMILES string of the molecule is CCOC(=O)c1cc(-c2ccccc2)sc1NC(=S)Nc1ccc(Br)cc1F. The Morgan fingerprint density at radius 1 is 1.18 bits per heavy atom. The number of anilines is 2. The van der Waals surface area contributed by atoms with Crippen LogP contribution in [-0.2, 0) is 4.74 Å². The Hall–Kier alpha value is -2.29. The predicted octanol–water partition coefficient (Wildman–Crippen LogP) is 6.30. The molecule has 2 N–H and O–H groups in total. The third-order valence-corrected chi connectivity index (χ3v) is 5.49. The van der Waals surface area contributed by atoms with Crippen LogP contribution in [0, 0.1) is 5.82 Å². The molecule has 0 atom stereocenters. The number of benzene rings is 2. The van der Waals surface area contributed by atoms with Gasteiger partial charge < -0.3 is 15.4 Å². The summed E-state index contributed by atoms with van der Waals surface area (Å²) >= 11 is 9.89. The summed E-state index contributed by atoms with van der Waals surface area (Å²) in [4.78, 5) is 13.2. The lowest BCUT2D eigenvalue weighted by molar-refractivity contribution is 0.0528. The lowest BCUT2D eigenvalue weighted by Gasteiger charge is -2.11. The first-order valence-electron chi connectivity index (χ1n) is 8.37. The summed E-state index contributed by atoms with van der Waals surface area (Å²) in [5.41, 5.74) is 1.59. The molecule has 8 heteroatoms. The molecule has 0 unspecified atom stereocenters. The summed E-state index contributed by atoms with van der Waals surface area (Å²) in [5.74, 6) is -0.888. The maximum Gasteiger partial charge on any atom is 0.341 e. The van der Waals surface area contributed by atoms with Crippen LogP contribution >= 0.6 is 39.5 Å². The van der Waals surface area contributed by atoms with Gasteiger partial charge in [0.15, 0.2) is 5.11 Å². The first-order chi connectivity index (χ1) is 13.5. The van der Waals surface area contributed by atoms with E-state index in [0.29, 0.717) is 15.0 Å². The third kappa shape index (κ3) is 4.95. The molecule has 4 nitrogen and oxygen atoms in total. The second-order valence-corrected chi connectivity index (χ2v) is 8.02. The molecule has 0 bridgehead atoms. The topological polar surface area (TPSA) is 50.4 Å². The highest BCUT2D eigenvalue weighted by Crippen LogP contribution is 2.36. The molecular weight excluding hydrogens is 463 g/mol. The van der Waals surface area contributed by atoms with Crippen molar-refractivity contribution < 1.29 is 13.9 Å². The van der Waals surface area contributed by atoms with Crippen molar-refractivity contribution in [1.29, 1.82) is 0 Å². The third-order valence-electron chi connectivity index (χ3n) is 3.69. The number of ether oxygens (including phenoxy) is 1. The fourth-order valence-corrected chi connectivity index (χ4v) is 4.10. The molecule has 3 rings (SSSR count). The molecule has 0 aliphatic rings. The van der Waals surface area contributed by atoms with E-state index in [0.717, 1.165) is 10.4 Å². The van der Waals surface area contributed by atoms with Crippen LogP contribution in [0.5, 0.6) is 0 Å². The van der Waals surface area contributed by atoms with Crippen LogP contribution in [0.3, 0.4) is 0 Å². The number of hydrogen-bond acceptors (Lipinski definition) is 4. The highest BCUT2D eigenvalue weighted by atomic mass is 79.9. The Kier molecular flexibility index (Phi) is 6.77. The number of thiocarbonyl (C=S) groups is 1. The summed E-state index contributed by atoms with van der Waals surface area (Å²) in [6.07, 6.45) is 0. The van der Waals surface area contributed by atoms with Gasteiger partial charge in [0, 0.05) is 9.35 Å². The van der Waals surface area contributed by atoms with Crippen LogP contribution in [0.25, 0.3) is 10.4 Å². The van der Waals surface area contributed by atoms with Crippen LogP contribution in [-0.4, -0.2) is 17.7 Å². The van der Waals surface area contributed by atoms with Crippen molar-refractivity contribution >= 4 is 61.3 Å². The number of nitrogens with one attached hydrogen (secondary N) is 2. The number of carbonyl (C=O) groups excluding carboxylic acids is 1. The van der Waals surface area contributed by atoms with Crippen molar-refractivity contribution in [3.8, 4) is 10.4 Å². The van der Waals surface area contributed by atoms with Gasteiger partial charge in [-0.3, -0.25) is 0 Å². The molecule has 0 saturated heterocycles. The average molecular weight is 479 g/mol. The number of hydrogen-bond donors (Lipinski definition) is 2. The summed E-state index contributed by atoms with van der Waals surface area (Å²) in [6.45, 7) is 2.01. The molecule has 144 valence electrons. The van der Waals surface area contributed by atoms with Crippen molar-refractivity contribution in [2.24, 2.45) is 0 Å². The van der Waals surface area contributed by atoms with Gasteiger partial charge in [0.1, 0.15) is 10.8 Å². The van der Waals surface area contributed by atoms with Crippen molar-refractivity contribution in [3.05, 3.63) is 70.5 Å². The Balaban J connectivity index is 1.85. The minimum absolute atomic E-state index is 0.174.